The molecule has 5 nitrogen and oxygen atoms in total. The maximum Gasteiger partial charge on any atom is 0.259 e. The highest BCUT2D eigenvalue weighted by atomic mass is 79.9. The lowest BCUT2D eigenvalue weighted by atomic mass is 10.1. The monoisotopic (exact) mass is 344 g/mol. The largest absolute Gasteiger partial charge is 0.334 e. The van der Waals surface area contributed by atoms with Crippen LogP contribution in [0.4, 0.5) is 4.39 Å². The van der Waals surface area contributed by atoms with E-state index in [1.54, 1.807) is 30.5 Å². The lowest BCUT2D eigenvalue weighted by Crippen LogP contribution is -1.90. The van der Waals surface area contributed by atoms with Crippen molar-refractivity contribution < 1.29 is 8.91 Å². The molecule has 102 valence electrons. The van der Waals surface area contributed by atoms with Crippen molar-refractivity contribution in [2.24, 2.45) is 0 Å². The molecule has 0 saturated carbocycles. The van der Waals surface area contributed by atoms with Gasteiger partial charge in [0.1, 0.15) is 23.1 Å². The Kier molecular flexibility index (Phi) is 3.46. The molecule has 3 rings (SSSR count). The summed E-state index contributed by atoms with van der Waals surface area (Å²) in [4.78, 5) is 8.30. The van der Waals surface area contributed by atoms with Gasteiger partial charge < -0.3 is 4.52 Å². The second kappa shape index (κ2) is 5.42. The number of nitrogens with zero attached hydrogens (tertiary/aromatic N) is 4. The van der Waals surface area contributed by atoms with Gasteiger partial charge in [0.15, 0.2) is 0 Å². The Morgan fingerprint density at radius 1 is 1.24 bits per heavy atom. The minimum atomic E-state index is -0.628. The third-order valence-electron chi connectivity index (χ3n) is 2.74. The fraction of sp³-hybridized carbons (Fsp3) is 0. The molecule has 0 bridgehead atoms. The highest BCUT2D eigenvalue weighted by molar-refractivity contribution is 9.10. The van der Waals surface area contributed by atoms with Crippen LogP contribution in [0, 0.1) is 17.1 Å². The smallest absolute Gasteiger partial charge is 0.259 e. The molecule has 0 saturated heterocycles. The maximum atomic E-state index is 13.6. The Balaban J connectivity index is 2.05. The normalized spacial score (nSPS) is 10.3. The van der Waals surface area contributed by atoms with Gasteiger partial charge in [0.2, 0.25) is 5.82 Å². The predicted molar refractivity (Wildman–Crippen MR) is 75.3 cm³/mol. The number of pyridine rings is 1. The van der Waals surface area contributed by atoms with Crippen LogP contribution in [-0.4, -0.2) is 15.1 Å². The van der Waals surface area contributed by atoms with E-state index in [1.807, 2.05) is 0 Å². The highest BCUT2D eigenvalue weighted by Gasteiger charge is 2.17. The standard InChI is InChI=1S/C14H6BrFN4O/c15-8-4-5-12(18-7-8)13-19-14(21-20-13)9-2-1-3-11(16)10(9)6-17/h1-5,7H. The minimum absolute atomic E-state index is 0.0748. The lowest BCUT2D eigenvalue weighted by Gasteiger charge is -1.98. The van der Waals surface area contributed by atoms with E-state index in [9.17, 15) is 4.39 Å². The van der Waals surface area contributed by atoms with Crippen molar-refractivity contribution in [3.8, 4) is 29.0 Å². The Morgan fingerprint density at radius 3 is 2.81 bits per heavy atom. The van der Waals surface area contributed by atoms with Crippen LogP contribution >= 0.6 is 15.9 Å². The van der Waals surface area contributed by atoms with E-state index in [2.05, 4.69) is 31.1 Å². The first-order valence-electron chi connectivity index (χ1n) is 5.83. The van der Waals surface area contributed by atoms with Gasteiger partial charge in [-0.3, -0.25) is 4.98 Å². The van der Waals surface area contributed by atoms with Crippen molar-refractivity contribution in [1.29, 1.82) is 5.26 Å². The summed E-state index contributed by atoms with van der Waals surface area (Å²) >= 11 is 3.28. The summed E-state index contributed by atoms with van der Waals surface area (Å²) in [5.41, 5.74) is 0.646. The first-order valence-corrected chi connectivity index (χ1v) is 6.63. The molecule has 0 fully saturated rings. The zero-order chi connectivity index (χ0) is 14.8. The van der Waals surface area contributed by atoms with E-state index in [-0.39, 0.29) is 22.8 Å². The molecule has 0 aliphatic carbocycles. The molecule has 0 aliphatic heterocycles. The fourth-order valence-electron chi connectivity index (χ4n) is 1.76. The molecule has 7 heteroatoms. The van der Waals surface area contributed by atoms with E-state index in [1.165, 1.54) is 12.1 Å². The summed E-state index contributed by atoms with van der Waals surface area (Å²) in [6, 6.07) is 9.54. The van der Waals surface area contributed by atoms with Crippen LogP contribution in [-0.2, 0) is 0 Å². The second-order valence-electron chi connectivity index (χ2n) is 4.06. The number of halogens is 2. The van der Waals surface area contributed by atoms with Gasteiger partial charge in [-0.05, 0) is 40.2 Å². The Hall–Kier alpha value is -2.59. The first-order chi connectivity index (χ1) is 10.2. The van der Waals surface area contributed by atoms with Crippen molar-refractivity contribution >= 4 is 15.9 Å². The molecule has 2 aromatic heterocycles. The summed E-state index contributed by atoms with van der Waals surface area (Å²) in [6.45, 7) is 0. The summed E-state index contributed by atoms with van der Waals surface area (Å²) in [6.07, 6.45) is 1.61. The van der Waals surface area contributed by atoms with Gasteiger partial charge in [0.25, 0.3) is 5.89 Å². The van der Waals surface area contributed by atoms with Gasteiger partial charge in [-0.2, -0.15) is 10.2 Å². The molecule has 3 aromatic rings. The number of hydrogen-bond acceptors (Lipinski definition) is 5. The zero-order valence-corrected chi connectivity index (χ0v) is 12.0. The van der Waals surface area contributed by atoms with Crippen LogP contribution in [0.5, 0.6) is 0 Å². The molecular weight excluding hydrogens is 339 g/mol. The zero-order valence-electron chi connectivity index (χ0n) is 10.4. The quantitative estimate of drug-likeness (QED) is 0.710. The Morgan fingerprint density at radius 2 is 2.10 bits per heavy atom. The van der Waals surface area contributed by atoms with E-state index >= 15 is 0 Å². The van der Waals surface area contributed by atoms with Gasteiger partial charge in [0.05, 0.1) is 5.56 Å². The summed E-state index contributed by atoms with van der Waals surface area (Å²) < 4.78 is 19.5. The van der Waals surface area contributed by atoms with Crippen molar-refractivity contribution in [2.45, 2.75) is 0 Å². The average Bonchev–Trinajstić information content (AvgIpc) is 2.97. The number of nitriles is 1. The van der Waals surface area contributed by atoms with Gasteiger partial charge in [-0.1, -0.05) is 11.2 Å². The third kappa shape index (κ3) is 2.53. The predicted octanol–water partition coefficient (Wildman–Crippen LogP) is 3.57. The third-order valence-corrected chi connectivity index (χ3v) is 3.21. The van der Waals surface area contributed by atoms with E-state index < -0.39 is 5.82 Å². The molecule has 21 heavy (non-hydrogen) atoms. The lowest BCUT2D eigenvalue weighted by molar-refractivity contribution is 0.431. The van der Waals surface area contributed by atoms with Crippen LogP contribution in [0.2, 0.25) is 0 Å². The summed E-state index contributed by atoms with van der Waals surface area (Å²) in [5.74, 6) is -0.284. The van der Waals surface area contributed by atoms with Crippen molar-refractivity contribution in [3.05, 3.63) is 52.4 Å². The van der Waals surface area contributed by atoms with Crippen molar-refractivity contribution in [3.63, 3.8) is 0 Å². The van der Waals surface area contributed by atoms with Crippen molar-refractivity contribution in [2.75, 3.05) is 0 Å². The van der Waals surface area contributed by atoms with Crippen LogP contribution in [0.3, 0.4) is 0 Å². The molecular formula is C14H6BrFN4O. The number of hydrogen-bond donors (Lipinski definition) is 0. The Labute approximate surface area is 127 Å². The van der Waals surface area contributed by atoms with Crippen LogP contribution in [0.15, 0.2) is 45.5 Å². The molecule has 0 radical (unpaired) electrons. The number of aromatic nitrogens is 3. The average molecular weight is 345 g/mol. The van der Waals surface area contributed by atoms with Gasteiger partial charge >= 0.3 is 0 Å². The summed E-state index contributed by atoms with van der Waals surface area (Å²) in [5, 5.41) is 12.8. The second-order valence-corrected chi connectivity index (χ2v) is 4.97. The fourth-order valence-corrected chi connectivity index (χ4v) is 2.00. The molecule has 0 N–H and O–H groups in total. The maximum absolute atomic E-state index is 13.6. The van der Waals surface area contributed by atoms with Crippen molar-refractivity contribution in [1.82, 2.24) is 15.1 Å². The number of rotatable bonds is 2. The van der Waals surface area contributed by atoms with Crippen LogP contribution in [0.1, 0.15) is 5.56 Å². The van der Waals surface area contributed by atoms with E-state index in [0.29, 0.717) is 5.69 Å². The van der Waals surface area contributed by atoms with Crippen LogP contribution < -0.4 is 0 Å². The summed E-state index contributed by atoms with van der Waals surface area (Å²) in [7, 11) is 0. The SMILES string of the molecule is N#Cc1c(F)cccc1-c1nc(-c2ccc(Br)cn2)no1. The van der Waals surface area contributed by atoms with E-state index in [4.69, 9.17) is 9.78 Å². The highest BCUT2D eigenvalue weighted by Crippen LogP contribution is 2.26. The van der Waals surface area contributed by atoms with Gasteiger partial charge in [-0.25, -0.2) is 4.39 Å². The first kappa shape index (κ1) is 13.4. The van der Waals surface area contributed by atoms with Gasteiger partial charge in [-0.15, -0.1) is 0 Å². The topological polar surface area (TPSA) is 75.6 Å². The molecule has 0 aliphatic rings. The molecule has 0 spiro atoms. The molecule has 1 aromatic carbocycles. The molecule has 0 atom stereocenters. The minimum Gasteiger partial charge on any atom is -0.334 e. The Bertz CT molecular complexity index is 839. The van der Waals surface area contributed by atoms with Crippen LogP contribution in [0.25, 0.3) is 23.0 Å². The molecule has 0 unspecified atom stereocenters. The van der Waals surface area contributed by atoms with Gasteiger partial charge in [0, 0.05) is 10.7 Å². The molecule has 0 amide bonds. The van der Waals surface area contributed by atoms with E-state index in [0.717, 1.165) is 4.47 Å². The molecule has 2 heterocycles. The number of benzene rings is 1.